The Hall–Kier alpha value is -2.35. The number of carbonyl (C=O) groups excluding carboxylic acids is 2. The van der Waals surface area contributed by atoms with Crippen LogP contribution in [0.2, 0.25) is 0 Å². The molecule has 0 radical (unpaired) electrons. The van der Waals surface area contributed by atoms with Gasteiger partial charge in [-0.05, 0) is 13.8 Å². The van der Waals surface area contributed by atoms with Crippen molar-refractivity contribution < 1.29 is 9.59 Å². The second kappa shape index (κ2) is 7.28. The molecule has 122 valence electrons. The molecule has 1 aromatic carbocycles. The third kappa shape index (κ3) is 4.10. The van der Waals surface area contributed by atoms with Crippen molar-refractivity contribution in [3.05, 3.63) is 29.8 Å². The summed E-state index contributed by atoms with van der Waals surface area (Å²) in [6.07, 6.45) is 0. The Balaban J connectivity index is 2.11. The minimum absolute atomic E-state index is 0.380. The van der Waals surface area contributed by atoms with Gasteiger partial charge in [-0.15, -0.1) is 10.2 Å². The topological polar surface area (TPSA) is 88.9 Å². The second-order valence-corrected chi connectivity index (χ2v) is 6.37. The lowest BCUT2D eigenvalue weighted by Crippen LogP contribution is -2.41. The molecular formula is C15H19N5O2S. The number of urea groups is 1. The maximum absolute atomic E-state index is 11.9. The summed E-state index contributed by atoms with van der Waals surface area (Å²) in [7, 11) is 3.30. The molecule has 1 aromatic heterocycles. The maximum atomic E-state index is 11.9. The molecule has 0 saturated carbocycles. The van der Waals surface area contributed by atoms with E-state index in [1.165, 1.54) is 24.4 Å². The van der Waals surface area contributed by atoms with Gasteiger partial charge in [0.1, 0.15) is 0 Å². The van der Waals surface area contributed by atoms with Crippen LogP contribution in [0.4, 0.5) is 4.79 Å². The van der Waals surface area contributed by atoms with E-state index in [4.69, 9.17) is 0 Å². The number of thioether (sulfide) groups is 1. The first-order valence-electron chi connectivity index (χ1n) is 7.08. The van der Waals surface area contributed by atoms with Crippen LogP contribution in [0.3, 0.4) is 0 Å². The summed E-state index contributed by atoms with van der Waals surface area (Å²) in [5.74, 6) is 0.348. The molecule has 1 atom stereocenters. The number of benzene rings is 1. The van der Waals surface area contributed by atoms with Gasteiger partial charge in [0.05, 0.1) is 5.25 Å². The van der Waals surface area contributed by atoms with Gasteiger partial charge in [-0.1, -0.05) is 41.6 Å². The lowest BCUT2D eigenvalue weighted by atomic mass is 10.1. The second-order valence-electron chi connectivity index (χ2n) is 5.06. The van der Waals surface area contributed by atoms with Crippen molar-refractivity contribution in [1.29, 1.82) is 0 Å². The molecule has 23 heavy (non-hydrogen) atoms. The average Bonchev–Trinajstić information content (AvgIpc) is 2.89. The first-order valence-corrected chi connectivity index (χ1v) is 7.96. The molecule has 7 nitrogen and oxygen atoms in total. The standard InChI is InChI=1S/C15H19N5O2S/c1-9-5-7-11(8-6-9)12-18-19-15(20(12)4)23-10(2)13(21)17-14(22)16-3/h5-8,10H,1-4H3,(H2,16,17,21,22). The van der Waals surface area contributed by atoms with Crippen LogP contribution in [0.5, 0.6) is 0 Å². The molecule has 1 unspecified atom stereocenters. The Morgan fingerprint density at radius 3 is 2.48 bits per heavy atom. The number of rotatable bonds is 4. The van der Waals surface area contributed by atoms with Crippen LogP contribution in [-0.2, 0) is 11.8 Å². The Kier molecular flexibility index (Phi) is 5.38. The fraction of sp³-hybridized carbons (Fsp3) is 0.333. The molecule has 0 saturated heterocycles. The smallest absolute Gasteiger partial charge is 0.321 e. The van der Waals surface area contributed by atoms with Crippen LogP contribution in [0.1, 0.15) is 12.5 Å². The highest BCUT2D eigenvalue weighted by Crippen LogP contribution is 2.25. The predicted molar refractivity (Wildman–Crippen MR) is 89.1 cm³/mol. The number of hydrogen-bond donors (Lipinski definition) is 2. The Morgan fingerprint density at radius 1 is 1.22 bits per heavy atom. The van der Waals surface area contributed by atoms with Crippen molar-refractivity contribution in [2.75, 3.05) is 7.05 Å². The highest BCUT2D eigenvalue weighted by molar-refractivity contribution is 8.00. The van der Waals surface area contributed by atoms with E-state index in [1.807, 2.05) is 42.8 Å². The lowest BCUT2D eigenvalue weighted by Gasteiger charge is -2.10. The van der Waals surface area contributed by atoms with Crippen LogP contribution in [0, 0.1) is 6.92 Å². The maximum Gasteiger partial charge on any atom is 0.321 e. The zero-order valence-corrected chi connectivity index (χ0v) is 14.3. The summed E-state index contributed by atoms with van der Waals surface area (Å²) in [6.45, 7) is 3.73. The van der Waals surface area contributed by atoms with Crippen molar-refractivity contribution in [1.82, 2.24) is 25.4 Å². The van der Waals surface area contributed by atoms with Crippen LogP contribution in [-0.4, -0.2) is 39.0 Å². The summed E-state index contributed by atoms with van der Waals surface area (Å²) in [5, 5.41) is 13.0. The average molecular weight is 333 g/mol. The van der Waals surface area contributed by atoms with Crippen LogP contribution in [0.15, 0.2) is 29.4 Å². The monoisotopic (exact) mass is 333 g/mol. The van der Waals surface area contributed by atoms with Crippen LogP contribution < -0.4 is 10.6 Å². The van der Waals surface area contributed by atoms with E-state index < -0.39 is 11.3 Å². The van der Waals surface area contributed by atoms with Gasteiger partial charge in [0, 0.05) is 19.7 Å². The molecule has 0 aliphatic rings. The zero-order chi connectivity index (χ0) is 17.0. The number of hydrogen-bond acceptors (Lipinski definition) is 5. The first-order chi connectivity index (χ1) is 10.9. The van der Waals surface area contributed by atoms with E-state index in [-0.39, 0.29) is 5.91 Å². The predicted octanol–water partition coefficient (Wildman–Crippen LogP) is 1.73. The van der Waals surface area contributed by atoms with E-state index >= 15 is 0 Å². The number of nitrogens with one attached hydrogen (secondary N) is 2. The largest absolute Gasteiger partial charge is 0.341 e. The van der Waals surface area contributed by atoms with Crippen LogP contribution >= 0.6 is 11.8 Å². The summed E-state index contributed by atoms with van der Waals surface area (Å²) in [4.78, 5) is 23.1. The molecule has 0 bridgehead atoms. The van der Waals surface area contributed by atoms with Gasteiger partial charge >= 0.3 is 6.03 Å². The molecule has 1 heterocycles. The molecule has 0 spiro atoms. The van der Waals surface area contributed by atoms with Gasteiger partial charge in [-0.2, -0.15) is 0 Å². The molecule has 2 rings (SSSR count). The van der Waals surface area contributed by atoms with Crippen molar-refractivity contribution in [2.24, 2.45) is 7.05 Å². The SMILES string of the molecule is CNC(=O)NC(=O)C(C)Sc1nnc(-c2ccc(C)cc2)n1C. The quantitative estimate of drug-likeness (QED) is 0.832. The summed E-state index contributed by atoms with van der Waals surface area (Å²) < 4.78 is 1.83. The molecule has 2 aromatic rings. The highest BCUT2D eigenvalue weighted by Gasteiger charge is 2.20. The summed E-state index contributed by atoms with van der Waals surface area (Å²) in [6, 6.07) is 7.46. The lowest BCUT2D eigenvalue weighted by molar-refractivity contribution is -0.119. The Labute approximate surface area is 138 Å². The zero-order valence-electron chi connectivity index (χ0n) is 13.5. The summed E-state index contributed by atoms with van der Waals surface area (Å²) in [5.41, 5.74) is 2.13. The number of amides is 3. The Bertz CT molecular complexity index is 711. The van der Waals surface area contributed by atoms with Crippen molar-refractivity contribution in [2.45, 2.75) is 24.3 Å². The molecular weight excluding hydrogens is 314 g/mol. The number of nitrogens with zero attached hydrogens (tertiary/aromatic N) is 3. The molecule has 0 aliphatic heterocycles. The van der Waals surface area contributed by atoms with Crippen molar-refractivity contribution in [3.8, 4) is 11.4 Å². The highest BCUT2D eigenvalue weighted by atomic mass is 32.2. The van der Waals surface area contributed by atoms with Gasteiger partial charge in [-0.3, -0.25) is 10.1 Å². The number of imide groups is 1. The fourth-order valence-corrected chi connectivity index (χ4v) is 2.67. The number of aromatic nitrogens is 3. The molecule has 8 heteroatoms. The molecule has 2 N–H and O–H groups in total. The van der Waals surface area contributed by atoms with Crippen molar-refractivity contribution in [3.63, 3.8) is 0 Å². The van der Waals surface area contributed by atoms with E-state index in [1.54, 1.807) is 6.92 Å². The van der Waals surface area contributed by atoms with E-state index in [0.717, 1.165) is 11.4 Å². The number of carbonyl (C=O) groups is 2. The van der Waals surface area contributed by atoms with Crippen molar-refractivity contribution >= 4 is 23.7 Å². The third-order valence-electron chi connectivity index (χ3n) is 3.26. The third-order valence-corrected chi connectivity index (χ3v) is 4.39. The normalized spacial score (nSPS) is 11.8. The van der Waals surface area contributed by atoms with Gasteiger partial charge < -0.3 is 9.88 Å². The number of aryl methyl sites for hydroxylation is 1. The van der Waals surface area contributed by atoms with E-state index in [0.29, 0.717) is 5.16 Å². The van der Waals surface area contributed by atoms with Crippen LogP contribution in [0.25, 0.3) is 11.4 Å². The first kappa shape index (κ1) is 17.0. The molecule has 3 amide bonds. The van der Waals surface area contributed by atoms with Gasteiger partial charge in [-0.25, -0.2) is 4.79 Å². The van der Waals surface area contributed by atoms with E-state index in [9.17, 15) is 9.59 Å². The van der Waals surface area contributed by atoms with Gasteiger partial charge in [0.2, 0.25) is 5.91 Å². The minimum atomic E-state index is -0.527. The summed E-state index contributed by atoms with van der Waals surface area (Å²) >= 11 is 1.25. The van der Waals surface area contributed by atoms with Gasteiger partial charge in [0.25, 0.3) is 0 Å². The van der Waals surface area contributed by atoms with E-state index in [2.05, 4.69) is 20.8 Å². The molecule has 0 fully saturated rings. The minimum Gasteiger partial charge on any atom is -0.341 e. The molecule has 0 aliphatic carbocycles. The fourth-order valence-electron chi connectivity index (χ4n) is 1.86. The Morgan fingerprint density at radius 2 is 1.87 bits per heavy atom. The van der Waals surface area contributed by atoms with Gasteiger partial charge in [0.15, 0.2) is 11.0 Å².